The van der Waals surface area contributed by atoms with Crippen LogP contribution in [-0.2, 0) is 4.79 Å². The molecule has 5 aliphatic carbocycles. The Balaban J connectivity index is 1.22. The maximum atomic E-state index is 13.7. The molecule has 1 aromatic rings. The van der Waals surface area contributed by atoms with Gasteiger partial charge in [-0.05, 0) is 93.6 Å². The lowest BCUT2D eigenvalue weighted by Gasteiger charge is -2.58. The Labute approximate surface area is 224 Å². The number of anilines is 1. The lowest BCUT2D eigenvalue weighted by Crippen LogP contribution is -2.61. The molecule has 6 aliphatic rings. The molecule has 1 saturated heterocycles. The van der Waals surface area contributed by atoms with Gasteiger partial charge in [0.1, 0.15) is 10.8 Å². The minimum Gasteiger partial charge on any atom is -0.481 e. The highest BCUT2D eigenvalue weighted by Gasteiger charge is 2.55. The first-order valence-corrected chi connectivity index (χ1v) is 15.4. The molecule has 1 aromatic heterocycles. The molecule has 1 amide bonds. The molecule has 8 heteroatoms. The fourth-order valence-corrected chi connectivity index (χ4v) is 9.66. The van der Waals surface area contributed by atoms with Crippen molar-refractivity contribution in [1.82, 2.24) is 10.3 Å². The van der Waals surface area contributed by atoms with Crippen LogP contribution in [0.4, 0.5) is 5.82 Å². The number of aliphatic carboxylic acids is 1. The van der Waals surface area contributed by atoms with Crippen molar-refractivity contribution in [3.8, 4) is 0 Å². The molecule has 0 aromatic carbocycles. The summed E-state index contributed by atoms with van der Waals surface area (Å²) in [7, 11) is 0. The van der Waals surface area contributed by atoms with Crippen molar-refractivity contribution in [3.63, 3.8) is 0 Å². The summed E-state index contributed by atoms with van der Waals surface area (Å²) in [5.41, 5.74) is 0.168. The Morgan fingerprint density at radius 2 is 1.81 bits per heavy atom. The zero-order valence-corrected chi connectivity index (χ0v) is 22.6. The lowest BCUT2D eigenvalue weighted by atomic mass is 9.52. The summed E-state index contributed by atoms with van der Waals surface area (Å²) < 4.78 is 0. The van der Waals surface area contributed by atoms with E-state index in [1.54, 1.807) is 11.8 Å². The number of nitrogens with zero attached hydrogens (tertiary/aromatic N) is 2. The largest absolute Gasteiger partial charge is 0.481 e. The van der Waals surface area contributed by atoms with E-state index in [0.717, 1.165) is 75.2 Å². The van der Waals surface area contributed by atoms with Gasteiger partial charge in [-0.1, -0.05) is 19.3 Å². The van der Waals surface area contributed by atoms with Gasteiger partial charge < -0.3 is 20.4 Å². The number of hydrogen-bond acceptors (Lipinski definition) is 6. The summed E-state index contributed by atoms with van der Waals surface area (Å²) in [5.74, 6) is 1.60. The maximum absolute atomic E-state index is 13.7. The number of hydrogen-bond donors (Lipinski definition) is 3. The molecule has 0 unspecified atom stereocenters. The van der Waals surface area contributed by atoms with E-state index in [0.29, 0.717) is 35.1 Å². The van der Waals surface area contributed by atoms with E-state index < -0.39 is 11.6 Å². The molecule has 0 radical (unpaired) electrons. The minimum atomic E-state index is -0.739. The van der Waals surface area contributed by atoms with Crippen LogP contribution >= 0.6 is 11.8 Å². The second kappa shape index (κ2) is 10.4. The number of pyridine rings is 1. The van der Waals surface area contributed by atoms with Gasteiger partial charge in [0, 0.05) is 30.8 Å². The third kappa shape index (κ3) is 5.51. The van der Waals surface area contributed by atoms with Crippen LogP contribution in [-0.4, -0.2) is 57.1 Å². The molecule has 4 bridgehead atoms. The highest BCUT2D eigenvalue weighted by molar-refractivity contribution is 7.99. The summed E-state index contributed by atoms with van der Waals surface area (Å²) in [6.45, 7) is 1.57. The third-order valence-electron chi connectivity index (χ3n) is 9.77. The van der Waals surface area contributed by atoms with Gasteiger partial charge in [0.05, 0.1) is 11.2 Å². The van der Waals surface area contributed by atoms with Crippen LogP contribution in [0.5, 0.6) is 0 Å². The van der Waals surface area contributed by atoms with Gasteiger partial charge in [-0.15, -0.1) is 11.8 Å². The highest BCUT2D eigenvalue weighted by Crippen LogP contribution is 2.55. The number of carbonyl (C=O) groups is 2. The van der Waals surface area contributed by atoms with Crippen molar-refractivity contribution in [2.75, 3.05) is 18.0 Å². The Morgan fingerprint density at radius 1 is 1.05 bits per heavy atom. The van der Waals surface area contributed by atoms with Gasteiger partial charge in [-0.25, -0.2) is 4.98 Å². The van der Waals surface area contributed by atoms with Gasteiger partial charge in [0.2, 0.25) is 0 Å². The number of aromatic nitrogens is 1. The molecule has 6 fully saturated rings. The van der Waals surface area contributed by atoms with Crippen molar-refractivity contribution in [1.29, 1.82) is 0 Å². The Morgan fingerprint density at radius 3 is 2.51 bits per heavy atom. The molecular formula is C29H41N3O4S. The second-order valence-corrected chi connectivity index (χ2v) is 13.9. The topological polar surface area (TPSA) is 103 Å². The van der Waals surface area contributed by atoms with Crippen LogP contribution in [0.3, 0.4) is 0 Å². The first-order valence-electron chi connectivity index (χ1n) is 14.5. The Bertz CT molecular complexity index is 1010. The molecule has 3 N–H and O–H groups in total. The molecule has 3 atom stereocenters. The number of nitrogens with one attached hydrogen (secondary N) is 1. The van der Waals surface area contributed by atoms with E-state index in [9.17, 15) is 19.8 Å². The Hall–Kier alpha value is -1.80. The van der Waals surface area contributed by atoms with Gasteiger partial charge >= 0.3 is 5.97 Å². The molecule has 202 valence electrons. The number of rotatable bonds is 7. The molecule has 2 heterocycles. The van der Waals surface area contributed by atoms with E-state index in [2.05, 4.69) is 10.2 Å². The molecular weight excluding hydrogens is 486 g/mol. The standard InChI is InChI=1S/C29H41N3O4S/c33-25(34)13-18-5-4-10-32(17-18)24-9-8-23(28(30-24)37-22-6-2-1-3-7-22)27(35)31-26-20-11-19-12-21(26)16-29(36,14-19)15-20/h8-9,18-22,26,36H,1-7,10-17H2,(H,31,35)(H,33,34)/t18-,19?,20-,21-,26?,29?/m0/s1. The number of aliphatic hydroxyl groups is 1. The van der Waals surface area contributed by atoms with Crippen LogP contribution < -0.4 is 10.2 Å². The van der Waals surface area contributed by atoms with Gasteiger partial charge in [0.15, 0.2) is 0 Å². The fraction of sp³-hybridized carbons (Fsp3) is 0.759. The predicted molar refractivity (Wildman–Crippen MR) is 144 cm³/mol. The summed E-state index contributed by atoms with van der Waals surface area (Å²) in [6.07, 6.45) is 13.0. The molecule has 7 nitrogen and oxygen atoms in total. The van der Waals surface area contributed by atoms with E-state index in [-0.39, 0.29) is 24.3 Å². The molecule has 7 rings (SSSR count). The summed E-state index contributed by atoms with van der Waals surface area (Å²) in [6, 6.07) is 4.06. The van der Waals surface area contributed by atoms with Crippen LogP contribution in [0.15, 0.2) is 17.2 Å². The van der Waals surface area contributed by atoms with E-state index >= 15 is 0 Å². The molecule has 0 spiro atoms. The first kappa shape index (κ1) is 25.5. The van der Waals surface area contributed by atoms with E-state index in [1.807, 2.05) is 12.1 Å². The van der Waals surface area contributed by atoms with E-state index in [1.165, 1.54) is 19.3 Å². The smallest absolute Gasteiger partial charge is 0.303 e. The number of carbonyl (C=O) groups excluding carboxylic acids is 1. The van der Waals surface area contributed by atoms with Gasteiger partial charge in [-0.3, -0.25) is 9.59 Å². The second-order valence-electron chi connectivity index (χ2n) is 12.6. The average molecular weight is 528 g/mol. The van der Waals surface area contributed by atoms with Crippen molar-refractivity contribution in [2.45, 2.75) is 105 Å². The van der Waals surface area contributed by atoms with Gasteiger partial charge in [-0.2, -0.15) is 0 Å². The van der Waals surface area contributed by atoms with Crippen LogP contribution in [0, 0.1) is 23.7 Å². The summed E-state index contributed by atoms with van der Waals surface area (Å²) in [5, 5.41) is 25.0. The lowest BCUT2D eigenvalue weighted by molar-refractivity contribution is -0.138. The van der Waals surface area contributed by atoms with Crippen molar-refractivity contribution in [3.05, 3.63) is 17.7 Å². The predicted octanol–water partition coefficient (Wildman–Crippen LogP) is 4.87. The molecule has 5 saturated carbocycles. The normalized spacial score (nSPS) is 35.5. The summed E-state index contributed by atoms with van der Waals surface area (Å²) >= 11 is 1.77. The number of thioether (sulfide) groups is 1. The highest BCUT2D eigenvalue weighted by atomic mass is 32.2. The van der Waals surface area contributed by atoms with Crippen LogP contribution in [0.25, 0.3) is 0 Å². The Kier molecular flexibility index (Phi) is 7.16. The maximum Gasteiger partial charge on any atom is 0.303 e. The summed E-state index contributed by atoms with van der Waals surface area (Å²) in [4.78, 5) is 32.3. The molecule has 37 heavy (non-hydrogen) atoms. The molecule has 1 aliphatic heterocycles. The zero-order chi connectivity index (χ0) is 25.6. The third-order valence-corrected chi connectivity index (χ3v) is 11.1. The van der Waals surface area contributed by atoms with Crippen molar-refractivity contribution >= 4 is 29.5 Å². The zero-order valence-electron chi connectivity index (χ0n) is 21.7. The fourth-order valence-electron chi connectivity index (χ4n) is 8.34. The first-order chi connectivity index (χ1) is 17.8. The number of amides is 1. The van der Waals surface area contributed by atoms with Crippen molar-refractivity contribution in [2.24, 2.45) is 23.7 Å². The minimum absolute atomic E-state index is 0.0239. The van der Waals surface area contributed by atoms with Crippen molar-refractivity contribution < 1.29 is 19.8 Å². The average Bonchev–Trinajstić information content (AvgIpc) is 2.85. The quantitative estimate of drug-likeness (QED) is 0.465. The van der Waals surface area contributed by atoms with Gasteiger partial charge in [0.25, 0.3) is 5.91 Å². The van der Waals surface area contributed by atoms with E-state index in [4.69, 9.17) is 4.98 Å². The monoisotopic (exact) mass is 527 g/mol. The number of piperidine rings is 1. The van der Waals surface area contributed by atoms with Crippen LogP contribution in [0.2, 0.25) is 0 Å². The number of carboxylic acid groups (broad SMARTS) is 1. The number of carboxylic acids is 1. The van der Waals surface area contributed by atoms with Crippen LogP contribution in [0.1, 0.15) is 93.8 Å². The SMILES string of the molecule is O=C(O)C[C@@H]1CCCN(c2ccc(C(=O)NC3[C@H]4CC5C[C@H]3CC(O)(C5)C4)c(SC3CCCCC3)n2)C1.